The van der Waals surface area contributed by atoms with Gasteiger partial charge in [0.15, 0.2) is 0 Å². The molecule has 2 heterocycles. The van der Waals surface area contributed by atoms with Gasteiger partial charge in [-0.15, -0.1) is 5.10 Å². The minimum atomic E-state index is -0.275. The van der Waals surface area contributed by atoms with Crippen LogP contribution in [0.25, 0.3) is 16.6 Å². The molecule has 29 heavy (non-hydrogen) atoms. The van der Waals surface area contributed by atoms with Crippen LogP contribution in [0.5, 0.6) is 0 Å². The summed E-state index contributed by atoms with van der Waals surface area (Å²) < 4.78 is 2.81. The average Bonchev–Trinajstić information content (AvgIpc) is 3.08. The zero-order valence-electron chi connectivity index (χ0n) is 15.5. The molecular weight excluding hydrogens is 392 g/mol. The van der Waals surface area contributed by atoms with Gasteiger partial charge in [0, 0.05) is 17.5 Å². The molecule has 0 radical (unpaired) electrons. The van der Waals surface area contributed by atoms with Crippen molar-refractivity contribution in [3.05, 3.63) is 75.7 Å². The zero-order chi connectivity index (χ0) is 20.4. The molecule has 0 fully saturated rings. The Hall–Kier alpha value is -3.52. The monoisotopic (exact) mass is 408 g/mol. The summed E-state index contributed by atoms with van der Waals surface area (Å²) in [6.45, 7) is 1.95. The molecule has 2 aromatic heterocycles. The lowest BCUT2D eigenvalue weighted by Crippen LogP contribution is -2.26. The predicted octanol–water partition coefficient (Wildman–Crippen LogP) is 2.97. The fourth-order valence-corrected chi connectivity index (χ4v) is 3.16. The van der Waals surface area contributed by atoms with Crippen molar-refractivity contribution in [2.75, 3.05) is 5.32 Å². The number of hydrogen-bond acceptors (Lipinski definition) is 5. The van der Waals surface area contributed by atoms with Gasteiger partial charge in [-0.05, 0) is 37.3 Å². The molecule has 0 aliphatic rings. The lowest BCUT2D eigenvalue weighted by molar-refractivity contribution is -0.116. The van der Waals surface area contributed by atoms with Gasteiger partial charge in [-0.1, -0.05) is 35.0 Å². The second-order valence-electron chi connectivity index (χ2n) is 6.50. The van der Waals surface area contributed by atoms with E-state index in [0.29, 0.717) is 21.7 Å². The summed E-state index contributed by atoms with van der Waals surface area (Å²) in [4.78, 5) is 25.0. The van der Waals surface area contributed by atoms with E-state index in [1.807, 2.05) is 19.1 Å². The summed E-state index contributed by atoms with van der Waals surface area (Å²) in [6.07, 6.45) is 0.0622. The maximum atomic E-state index is 12.5. The van der Waals surface area contributed by atoms with Crippen molar-refractivity contribution >= 4 is 34.2 Å². The first-order valence-electron chi connectivity index (χ1n) is 8.96. The van der Waals surface area contributed by atoms with Gasteiger partial charge < -0.3 is 5.32 Å². The molecular formula is C20H17ClN6O2. The second-order valence-corrected chi connectivity index (χ2v) is 6.93. The summed E-state index contributed by atoms with van der Waals surface area (Å²) in [5.41, 5.74) is 1.73. The quantitative estimate of drug-likeness (QED) is 0.547. The maximum absolute atomic E-state index is 12.5. The first-order valence-corrected chi connectivity index (χ1v) is 9.34. The van der Waals surface area contributed by atoms with Gasteiger partial charge in [0.25, 0.3) is 5.56 Å². The van der Waals surface area contributed by atoms with Crippen molar-refractivity contribution in [2.24, 2.45) is 0 Å². The second kappa shape index (κ2) is 7.84. The first-order chi connectivity index (χ1) is 14.0. The Morgan fingerprint density at radius 2 is 1.97 bits per heavy atom. The minimum Gasteiger partial charge on any atom is -0.311 e. The maximum Gasteiger partial charge on any atom is 0.277 e. The Morgan fingerprint density at radius 1 is 1.14 bits per heavy atom. The Balaban J connectivity index is 1.50. The van der Waals surface area contributed by atoms with Crippen LogP contribution in [0.15, 0.2) is 59.4 Å². The van der Waals surface area contributed by atoms with Crippen LogP contribution in [0.2, 0.25) is 5.02 Å². The molecule has 0 bridgehead atoms. The molecule has 0 spiro atoms. The SMILES string of the molecule is Cc1cc(NC(=O)CCn2nnc3ccccc3c2=O)n(-c2cccc(Cl)c2)n1. The molecule has 1 amide bonds. The fourth-order valence-electron chi connectivity index (χ4n) is 2.98. The fraction of sp³-hybridized carbons (Fsp3) is 0.150. The number of anilines is 1. The average molecular weight is 409 g/mol. The van der Waals surface area contributed by atoms with Crippen LogP contribution in [0.4, 0.5) is 5.82 Å². The van der Waals surface area contributed by atoms with Gasteiger partial charge in [-0.25, -0.2) is 9.36 Å². The van der Waals surface area contributed by atoms with E-state index in [-0.39, 0.29) is 24.4 Å². The lowest BCUT2D eigenvalue weighted by atomic mass is 10.2. The number of amides is 1. The number of fused-ring (bicyclic) bond motifs is 1. The highest BCUT2D eigenvalue weighted by Crippen LogP contribution is 2.20. The third-order valence-corrected chi connectivity index (χ3v) is 4.57. The molecule has 0 aliphatic heterocycles. The number of aryl methyl sites for hydroxylation is 2. The Morgan fingerprint density at radius 3 is 2.79 bits per heavy atom. The van der Waals surface area contributed by atoms with Crippen molar-refractivity contribution in [1.82, 2.24) is 24.8 Å². The molecule has 2 aromatic carbocycles. The topological polar surface area (TPSA) is 94.7 Å². The normalized spacial score (nSPS) is 11.0. The van der Waals surface area contributed by atoms with Crippen molar-refractivity contribution in [1.29, 1.82) is 0 Å². The minimum absolute atomic E-state index is 0.0622. The van der Waals surface area contributed by atoms with Gasteiger partial charge in [-0.3, -0.25) is 9.59 Å². The zero-order valence-corrected chi connectivity index (χ0v) is 16.3. The van der Waals surface area contributed by atoms with E-state index in [1.54, 1.807) is 47.1 Å². The van der Waals surface area contributed by atoms with Crippen molar-refractivity contribution in [2.45, 2.75) is 19.9 Å². The summed E-state index contributed by atoms with van der Waals surface area (Å²) in [7, 11) is 0. The van der Waals surface area contributed by atoms with E-state index in [1.165, 1.54) is 4.68 Å². The number of carbonyl (C=O) groups is 1. The van der Waals surface area contributed by atoms with Crippen LogP contribution >= 0.6 is 11.6 Å². The van der Waals surface area contributed by atoms with Crippen LogP contribution in [0.3, 0.4) is 0 Å². The van der Waals surface area contributed by atoms with E-state index in [0.717, 1.165) is 11.4 Å². The molecule has 8 nitrogen and oxygen atoms in total. The molecule has 0 unspecified atom stereocenters. The van der Waals surface area contributed by atoms with E-state index in [4.69, 9.17) is 11.6 Å². The van der Waals surface area contributed by atoms with Crippen LogP contribution in [0, 0.1) is 6.92 Å². The van der Waals surface area contributed by atoms with Gasteiger partial charge in [0.2, 0.25) is 5.91 Å². The smallest absolute Gasteiger partial charge is 0.277 e. The largest absolute Gasteiger partial charge is 0.311 e. The van der Waals surface area contributed by atoms with E-state index in [2.05, 4.69) is 20.7 Å². The van der Waals surface area contributed by atoms with Crippen LogP contribution < -0.4 is 10.9 Å². The highest BCUT2D eigenvalue weighted by molar-refractivity contribution is 6.30. The van der Waals surface area contributed by atoms with E-state index in [9.17, 15) is 9.59 Å². The molecule has 146 valence electrons. The predicted molar refractivity (Wildman–Crippen MR) is 110 cm³/mol. The summed E-state index contributed by atoms with van der Waals surface area (Å²) in [5.74, 6) is 0.252. The van der Waals surface area contributed by atoms with Crippen molar-refractivity contribution in [3.63, 3.8) is 0 Å². The number of nitrogens with one attached hydrogen (secondary N) is 1. The summed E-state index contributed by atoms with van der Waals surface area (Å²) in [5, 5.41) is 16.2. The third kappa shape index (κ3) is 4.02. The highest BCUT2D eigenvalue weighted by Gasteiger charge is 2.13. The number of rotatable bonds is 5. The van der Waals surface area contributed by atoms with Crippen molar-refractivity contribution < 1.29 is 4.79 Å². The molecule has 0 saturated heterocycles. The number of hydrogen-bond donors (Lipinski definition) is 1. The number of aromatic nitrogens is 5. The van der Waals surface area contributed by atoms with Gasteiger partial charge in [0.1, 0.15) is 11.3 Å². The van der Waals surface area contributed by atoms with Gasteiger partial charge >= 0.3 is 0 Å². The lowest BCUT2D eigenvalue weighted by Gasteiger charge is -2.09. The molecule has 0 aliphatic carbocycles. The van der Waals surface area contributed by atoms with Crippen LogP contribution in [-0.2, 0) is 11.3 Å². The Kier molecular flexibility index (Phi) is 5.09. The first kappa shape index (κ1) is 18.8. The van der Waals surface area contributed by atoms with Crippen molar-refractivity contribution in [3.8, 4) is 5.69 Å². The number of nitrogens with zero attached hydrogens (tertiary/aromatic N) is 5. The molecule has 4 aromatic rings. The number of benzene rings is 2. The number of halogens is 1. The summed E-state index contributed by atoms with van der Waals surface area (Å²) in [6, 6.07) is 15.9. The van der Waals surface area contributed by atoms with Gasteiger partial charge in [0.05, 0.1) is 23.3 Å². The summed E-state index contributed by atoms with van der Waals surface area (Å²) >= 11 is 6.06. The molecule has 0 atom stereocenters. The van der Waals surface area contributed by atoms with Crippen LogP contribution in [0.1, 0.15) is 12.1 Å². The standard InChI is InChI=1S/C20H17ClN6O2/c1-13-11-18(27(24-13)15-6-4-5-14(21)12-15)22-19(28)9-10-26-20(29)16-7-2-3-8-17(16)23-25-26/h2-8,11-12H,9-10H2,1H3,(H,22,28). The third-order valence-electron chi connectivity index (χ3n) is 4.33. The molecule has 0 saturated carbocycles. The van der Waals surface area contributed by atoms with E-state index >= 15 is 0 Å². The molecule has 1 N–H and O–H groups in total. The van der Waals surface area contributed by atoms with Gasteiger partial charge in [-0.2, -0.15) is 5.10 Å². The number of carbonyl (C=O) groups excluding carboxylic acids is 1. The Labute approximate surface area is 170 Å². The van der Waals surface area contributed by atoms with E-state index < -0.39 is 0 Å². The van der Waals surface area contributed by atoms with Crippen LogP contribution in [-0.4, -0.2) is 30.7 Å². The molecule has 9 heteroatoms. The highest BCUT2D eigenvalue weighted by atomic mass is 35.5. The Bertz CT molecular complexity index is 1260. The molecule has 4 rings (SSSR count).